The molecule has 136 valence electrons. The van der Waals surface area contributed by atoms with Crippen molar-refractivity contribution in [2.24, 2.45) is 5.92 Å². The molecule has 3 rings (SSSR count). The lowest BCUT2D eigenvalue weighted by atomic mass is 9.95. The van der Waals surface area contributed by atoms with E-state index in [2.05, 4.69) is 27.2 Å². The predicted molar refractivity (Wildman–Crippen MR) is 105 cm³/mol. The number of carbonyl (C=O) groups excluding carboxylic acids is 1. The number of benzene rings is 1. The second-order valence-corrected chi connectivity index (χ2v) is 7.53. The van der Waals surface area contributed by atoms with Gasteiger partial charge in [0.1, 0.15) is 0 Å². The van der Waals surface area contributed by atoms with Crippen molar-refractivity contribution in [2.45, 2.75) is 45.1 Å². The van der Waals surface area contributed by atoms with E-state index in [4.69, 9.17) is 12.2 Å². The minimum atomic E-state index is 0.186. The third kappa shape index (κ3) is 5.18. The number of thiocarbonyl (C=S) groups is 1. The lowest BCUT2D eigenvalue weighted by molar-refractivity contribution is -0.136. The number of nitrogens with one attached hydrogen (secondary N) is 1. The van der Waals surface area contributed by atoms with Gasteiger partial charge in [-0.25, -0.2) is 0 Å². The second kappa shape index (κ2) is 9.18. The van der Waals surface area contributed by atoms with E-state index in [-0.39, 0.29) is 5.92 Å². The molecule has 0 spiro atoms. The van der Waals surface area contributed by atoms with Crippen LogP contribution in [-0.4, -0.2) is 47.0 Å². The van der Waals surface area contributed by atoms with Gasteiger partial charge >= 0.3 is 0 Å². The summed E-state index contributed by atoms with van der Waals surface area (Å²) in [6, 6.07) is 10.3. The number of likely N-dealkylation sites (tertiary alicyclic amines) is 2. The first-order chi connectivity index (χ1) is 12.2. The van der Waals surface area contributed by atoms with Crippen LogP contribution >= 0.6 is 12.2 Å². The summed E-state index contributed by atoms with van der Waals surface area (Å²) in [5.41, 5.74) is 1.23. The Morgan fingerprint density at radius 3 is 2.24 bits per heavy atom. The Labute approximate surface area is 156 Å². The summed E-state index contributed by atoms with van der Waals surface area (Å²) in [4.78, 5) is 17.1. The number of rotatable bonds is 3. The highest BCUT2D eigenvalue weighted by molar-refractivity contribution is 7.80. The monoisotopic (exact) mass is 359 g/mol. The zero-order valence-corrected chi connectivity index (χ0v) is 15.8. The number of piperidine rings is 1. The molecule has 2 saturated heterocycles. The molecule has 0 unspecified atom stereocenters. The average Bonchev–Trinajstić information content (AvgIpc) is 2.96. The van der Waals surface area contributed by atoms with Crippen molar-refractivity contribution in [3.8, 4) is 0 Å². The molecule has 2 aliphatic rings. The molecule has 1 amide bonds. The van der Waals surface area contributed by atoms with Crippen LogP contribution in [0.3, 0.4) is 0 Å². The van der Waals surface area contributed by atoms with Gasteiger partial charge in [-0.1, -0.05) is 43.2 Å². The zero-order valence-electron chi connectivity index (χ0n) is 15.0. The Bertz CT molecular complexity index is 562. The lowest BCUT2D eigenvalue weighted by Crippen LogP contribution is -2.47. The van der Waals surface area contributed by atoms with Crippen LogP contribution in [0.15, 0.2) is 30.3 Å². The molecule has 2 aliphatic heterocycles. The molecule has 0 atom stereocenters. The number of nitrogens with zero attached hydrogens (tertiary/aromatic N) is 2. The molecule has 2 heterocycles. The smallest absolute Gasteiger partial charge is 0.225 e. The van der Waals surface area contributed by atoms with Crippen LogP contribution in [0.1, 0.15) is 44.1 Å². The van der Waals surface area contributed by atoms with E-state index in [1.807, 2.05) is 18.2 Å². The molecular weight excluding hydrogens is 330 g/mol. The van der Waals surface area contributed by atoms with E-state index in [0.717, 1.165) is 63.5 Å². The topological polar surface area (TPSA) is 35.6 Å². The molecular formula is C20H29N3OS. The predicted octanol–water partition coefficient (Wildman–Crippen LogP) is 3.18. The number of amides is 1. The van der Waals surface area contributed by atoms with E-state index < -0.39 is 0 Å². The van der Waals surface area contributed by atoms with Crippen LogP contribution in [0.5, 0.6) is 0 Å². The summed E-state index contributed by atoms with van der Waals surface area (Å²) in [5, 5.41) is 4.16. The van der Waals surface area contributed by atoms with Crippen molar-refractivity contribution in [2.75, 3.05) is 26.2 Å². The van der Waals surface area contributed by atoms with Crippen LogP contribution in [0.25, 0.3) is 0 Å². The summed E-state index contributed by atoms with van der Waals surface area (Å²) < 4.78 is 0. The van der Waals surface area contributed by atoms with E-state index in [1.54, 1.807) is 0 Å². The van der Waals surface area contributed by atoms with Crippen molar-refractivity contribution < 1.29 is 4.79 Å². The number of hydrogen-bond donors (Lipinski definition) is 1. The van der Waals surface area contributed by atoms with E-state index >= 15 is 0 Å². The van der Waals surface area contributed by atoms with Crippen LogP contribution in [0, 0.1) is 5.92 Å². The van der Waals surface area contributed by atoms with Crippen molar-refractivity contribution in [1.29, 1.82) is 0 Å². The van der Waals surface area contributed by atoms with E-state index in [0.29, 0.717) is 5.91 Å². The maximum absolute atomic E-state index is 12.8. The Morgan fingerprint density at radius 1 is 0.960 bits per heavy atom. The van der Waals surface area contributed by atoms with Crippen molar-refractivity contribution >= 4 is 23.2 Å². The highest BCUT2D eigenvalue weighted by Gasteiger charge is 2.29. The van der Waals surface area contributed by atoms with Gasteiger partial charge in [0.2, 0.25) is 5.91 Å². The van der Waals surface area contributed by atoms with Crippen LogP contribution in [0.2, 0.25) is 0 Å². The number of carbonyl (C=O) groups is 1. The Balaban J connectivity index is 1.43. The van der Waals surface area contributed by atoms with Gasteiger partial charge in [0.15, 0.2) is 5.11 Å². The van der Waals surface area contributed by atoms with Gasteiger partial charge in [-0.05, 0) is 43.5 Å². The molecule has 4 nitrogen and oxygen atoms in total. The first-order valence-electron chi connectivity index (χ1n) is 9.59. The van der Waals surface area contributed by atoms with Gasteiger partial charge in [-0.15, -0.1) is 0 Å². The summed E-state index contributed by atoms with van der Waals surface area (Å²) in [6.45, 7) is 4.42. The molecule has 1 N–H and O–H groups in total. The largest absolute Gasteiger partial charge is 0.358 e. The van der Waals surface area contributed by atoms with Crippen molar-refractivity contribution in [3.05, 3.63) is 35.9 Å². The summed E-state index contributed by atoms with van der Waals surface area (Å²) in [5.74, 6) is 0.566. The fourth-order valence-corrected chi connectivity index (χ4v) is 4.02. The first kappa shape index (κ1) is 18.2. The molecule has 2 fully saturated rings. The molecule has 25 heavy (non-hydrogen) atoms. The quantitative estimate of drug-likeness (QED) is 0.841. The lowest BCUT2D eigenvalue weighted by Gasteiger charge is -2.35. The summed E-state index contributed by atoms with van der Waals surface area (Å²) in [7, 11) is 0. The van der Waals surface area contributed by atoms with Crippen LogP contribution in [0.4, 0.5) is 0 Å². The minimum Gasteiger partial charge on any atom is -0.358 e. The summed E-state index contributed by atoms with van der Waals surface area (Å²) in [6.07, 6.45) is 6.70. The van der Waals surface area contributed by atoms with Gasteiger partial charge in [0.25, 0.3) is 0 Å². The first-order valence-corrected chi connectivity index (χ1v) is 10.0. The van der Waals surface area contributed by atoms with E-state index in [1.165, 1.54) is 18.4 Å². The third-order valence-electron chi connectivity index (χ3n) is 5.34. The van der Waals surface area contributed by atoms with Crippen molar-refractivity contribution in [1.82, 2.24) is 15.1 Å². The fraction of sp³-hybridized carbons (Fsp3) is 0.600. The fourth-order valence-electron chi connectivity index (χ4n) is 3.76. The molecule has 1 aromatic carbocycles. The normalized spacial score (nSPS) is 19.4. The average molecular weight is 360 g/mol. The highest BCUT2D eigenvalue weighted by Crippen LogP contribution is 2.22. The van der Waals surface area contributed by atoms with Crippen LogP contribution in [-0.2, 0) is 11.3 Å². The molecule has 1 aromatic rings. The van der Waals surface area contributed by atoms with Crippen molar-refractivity contribution in [3.63, 3.8) is 0 Å². The van der Waals surface area contributed by atoms with Gasteiger partial charge in [0.05, 0.1) is 0 Å². The second-order valence-electron chi connectivity index (χ2n) is 7.15. The molecule has 0 aliphatic carbocycles. The van der Waals surface area contributed by atoms with Crippen LogP contribution < -0.4 is 5.32 Å². The van der Waals surface area contributed by atoms with Gasteiger partial charge in [0, 0.05) is 38.6 Å². The maximum atomic E-state index is 12.8. The Hall–Kier alpha value is -1.62. The highest BCUT2D eigenvalue weighted by atomic mass is 32.1. The van der Waals surface area contributed by atoms with Gasteiger partial charge < -0.3 is 15.1 Å². The SMILES string of the molecule is O=C(C1CCN(C(=S)NCc2ccccc2)CC1)N1CCCCCC1. The molecule has 0 bridgehead atoms. The standard InChI is InChI=1S/C20H29N3OS/c24-19(22-12-6-1-2-7-13-22)18-10-14-23(15-11-18)20(25)21-16-17-8-4-3-5-9-17/h3-5,8-9,18H,1-2,6-7,10-16H2,(H,21,25). The Kier molecular flexibility index (Phi) is 6.68. The molecule has 0 aromatic heterocycles. The molecule has 0 radical (unpaired) electrons. The van der Waals surface area contributed by atoms with Gasteiger partial charge in [-0.2, -0.15) is 0 Å². The third-order valence-corrected chi connectivity index (χ3v) is 5.74. The Morgan fingerprint density at radius 2 is 1.60 bits per heavy atom. The summed E-state index contributed by atoms with van der Waals surface area (Å²) >= 11 is 5.54. The minimum absolute atomic E-state index is 0.186. The van der Waals surface area contributed by atoms with Gasteiger partial charge in [-0.3, -0.25) is 4.79 Å². The molecule has 0 saturated carbocycles. The number of hydrogen-bond acceptors (Lipinski definition) is 2. The van der Waals surface area contributed by atoms with E-state index in [9.17, 15) is 4.79 Å². The molecule has 5 heteroatoms. The zero-order chi connectivity index (χ0) is 17.5. The maximum Gasteiger partial charge on any atom is 0.225 e.